The van der Waals surface area contributed by atoms with Crippen molar-refractivity contribution in [3.63, 3.8) is 0 Å². The predicted octanol–water partition coefficient (Wildman–Crippen LogP) is -0.558. The SMILES string of the molecule is CC(C)CC(NC(=O)C(N)C(C)O)C(=O)NC(C(=O)N1CCCC1C(=O)O)C(C)C. The topological polar surface area (TPSA) is 162 Å². The van der Waals surface area contributed by atoms with Crippen LogP contribution in [0.3, 0.4) is 0 Å². The van der Waals surface area contributed by atoms with Crippen molar-refractivity contribution in [1.29, 1.82) is 0 Å². The Labute approximate surface area is 177 Å². The highest BCUT2D eigenvalue weighted by Gasteiger charge is 2.39. The minimum Gasteiger partial charge on any atom is -0.480 e. The van der Waals surface area contributed by atoms with Gasteiger partial charge < -0.3 is 31.5 Å². The molecule has 0 radical (unpaired) electrons. The molecule has 1 saturated heterocycles. The predicted molar refractivity (Wildman–Crippen MR) is 110 cm³/mol. The summed E-state index contributed by atoms with van der Waals surface area (Å²) in [5, 5.41) is 24.1. The number of likely N-dealkylation sites (tertiary alicyclic amines) is 1. The summed E-state index contributed by atoms with van der Waals surface area (Å²) in [4.78, 5) is 50.9. The maximum Gasteiger partial charge on any atom is 0.326 e. The maximum atomic E-state index is 13.0. The van der Waals surface area contributed by atoms with Crippen molar-refractivity contribution < 1.29 is 29.4 Å². The smallest absolute Gasteiger partial charge is 0.326 e. The first kappa shape index (κ1) is 25.8. The lowest BCUT2D eigenvalue weighted by Crippen LogP contribution is -2.59. The molecule has 1 heterocycles. The molecule has 10 heteroatoms. The van der Waals surface area contributed by atoms with Crippen LogP contribution in [-0.2, 0) is 19.2 Å². The van der Waals surface area contributed by atoms with Gasteiger partial charge in [-0.3, -0.25) is 14.4 Å². The number of aliphatic hydroxyl groups excluding tert-OH is 1. The van der Waals surface area contributed by atoms with Crippen LogP contribution in [0.25, 0.3) is 0 Å². The van der Waals surface area contributed by atoms with Crippen molar-refractivity contribution in [2.75, 3.05) is 6.54 Å². The number of carboxylic acids is 1. The quantitative estimate of drug-likeness (QED) is 0.311. The van der Waals surface area contributed by atoms with Gasteiger partial charge >= 0.3 is 5.97 Å². The van der Waals surface area contributed by atoms with Crippen molar-refractivity contribution in [3.8, 4) is 0 Å². The Morgan fingerprint density at radius 2 is 1.67 bits per heavy atom. The van der Waals surface area contributed by atoms with Gasteiger partial charge in [0.1, 0.15) is 24.2 Å². The number of nitrogens with one attached hydrogen (secondary N) is 2. The molecule has 0 spiro atoms. The molecule has 0 aromatic rings. The number of aliphatic hydroxyl groups is 1. The molecular weight excluding hydrogens is 392 g/mol. The fourth-order valence-corrected chi connectivity index (χ4v) is 3.42. The Balaban J connectivity index is 2.97. The molecule has 0 aliphatic carbocycles. The number of carboxylic acid groups (broad SMARTS) is 1. The summed E-state index contributed by atoms with van der Waals surface area (Å²) in [5.74, 6) is -2.94. The number of carbonyl (C=O) groups is 4. The molecule has 0 saturated carbocycles. The van der Waals surface area contributed by atoms with E-state index in [-0.39, 0.29) is 11.8 Å². The summed E-state index contributed by atoms with van der Waals surface area (Å²) in [5.41, 5.74) is 5.65. The molecule has 10 nitrogen and oxygen atoms in total. The number of aliphatic carboxylic acids is 1. The van der Waals surface area contributed by atoms with Gasteiger partial charge in [-0.05, 0) is 38.0 Å². The van der Waals surface area contributed by atoms with E-state index in [0.717, 1.165) is 0 Å². The van der Waals surface area contributed by atoms with E-state index in [1.165, 1.54) is 11.8 Å². The largest absolute Gasteiger partial charge is 0.480 e. The number of hydrogen-bond donors (Lipinski definition) is 5. The van der Waals surface area contributed by atoms with Gasteiger partial charge in [0, 0.05) is 6.54 Å². The van der Waals surface area contributed by atoms with Crippen molar-refractivity contribution in [2.24, 2.45) is 17.6 Å². The number of rotatable bonds is 10. The summed E-state index contributed by atoms with van der Waals surface area (Å²) in [6, 6.07) is -3.94. The van der Waals surface area contributed by atoms with Gasteiger partial charge in [-0.25, -0.2) is 4.79 Å². The second-order valence-electron chi connectivity index (χ2n) is 8.72. The van der Waals surface area contributed by atoms with Crippen LogP contribution in [-0.4, -0.2) is 75.6 Å². The van der Waals surface area contributed by atoms with Crippen LogP contribution in [0.15, 0.2) is 0 Å². The average Bonchev–Trinajstić information content (AvgIpc) is 3.13. The summed E-state index contributed by atoms with van der Waals surface area (Å²) in [7, 11) is 0. The molecular formula is C20H36N4O6. The normalized spacial score (nSPS) is 20.6. The van der Waals surface area contributed by atoms with E-state index >= 15 is 0 Å². The van der Waals surface area contributed by atoms with Crippen LogP contribution >= 0.6 is 0 Å². The fourth-order valence-electron chi connectivity index (χ4n) is 3.42. The molecule has 1 rings (SSSR count). The minimum absolute atomic E-state index is 0.0620. The van der Waals surface area contributed by atoms with Crippen LogP contribution in [0.1, 0.15) is 53.9 Å². The van der Waals surface area contributed by atoms with Gasteiger partial charge in [-0.1, -0.05) is 27.7 Å². The van der Waals surface area contributed by atoms with Crippen LogP contribution in [0.5, 0.6) is 0 Å². The lowest BCUT2D eigenvalue weighted by Gasteiger charge is -2.31. The van der Waals surface area contributed by atoms with Crippen LogP contribution in [0, 0.1) is 11.8 Å². The van der Waals surface area contributed by atoms with E-state index in [1.807, 2.05) is 13.8 Å². The molecule has 1 aliphatic heterocycles. The second-order valence-corrected chi connectivity index (χ2v) is 8.72. The van der Waals surface area contributed by atoms with Crippen LogP contribution in [0.2, 0.25) is 0 Å². The van der Waals surface area contributed by atoms with Gasteiger partial charge in [0.15, 0.2) is 0 Å². The van der Waals surface area contributed by atoms with Crippen molar-refractivity contribution >= 4 is 23.7 Å². The van der Waals surface area contributed by atoms with E-state index in [0.29, 0.717) is 25.8 Å². The molecule has 0 aromatic carbocycles. The molecule has 6 N–H and O–H groups in total. The summed E-state index contributed by atoms with van der Waals surface area (Å²) in [6.07, 6.45) is 0.194. The van der Waals surface area contributed by atoms with Crippen molar-refractivity contribution in [3.05, 3.63) is 0 Å². The van der Waals surface area contributed by atoms with Gasteiger partial charge in [-0.2, -0.15) is 0 Å². The van der Waals surface area contributed by atoms with Crippen molar-refractivity contribution in [2.45, 2.75) is 84.2 Å². The first-order valence-corrected chi connectivity index (χ1v) is 10.4. The lowest BCUT2D eigenvalue weighted by molar-refractivity contribution is -0.150. The molecule has 172 valence electrons. The Hall–Kier alpha value is -2.20. The Kier molecular flexibility index (Phi) is 9.70. The molecule has 5 unspecified atom stereocenters. The average molecular weight is 429 g/mol. The van der Waals surface area contributed by atoms with E-state index in [9.17, 15) is 29.4 Å². The Morgan fingerprint density at radius 3 is 2.13 bits per heavy atom. The van der Waals surface area contributed by atoms with Gasteiger partial charge in [-0.15, -0.1) is 0 Å². The fraction of sp³-hybridized carbons (Fsp3) is 0.800. The van der Waals surface area contributed by atoms with Gasteiger partial charge in [0.25, 0.3) is 0 Å². The van der Waals surface area contributed by atoms with Gasteiger partial charge in [0.2, 0.25) is 17.7 Å². The third-order valence-electron chi connectivity index (χ3n) is 5.21. The number of nitrogens with zero attached hydrogens (tertiary/aromatic N) is 1. The molecule has 0 bridgehead atoms. The number of nitrogens with two attached hydrogens (primary N) is 1. The summed E-state index contributed by atoms with van der Waals surface area (Å²) >= 11 is 0. The standard InChI is InChI=1S/C20H36N4O6/c1-10(2)9-13(22-18(27)15(21)12(5)25)17(26)23-16(11(3)4)19(28)24-8-6-7-14(24)20(29)30/h10-16,25H,6-9,21H2,1-5H3,(H,22,27)(H,23,26)(H,29,30). The van der Waals surface area contributed by atoms with Gasteiger partial charge in [0.05, 0.1) is 6.10 Å². The highest BCUT2D eigenvalue weighted by Crippen LogP contribution is 2.20. The summed E-state index contributed by atoms with van der Waals surface area (Å²) < 4.78 is 0. The zero-order valence-electron chi connectivity index (χ0n) is 18.4. The highest BCUT2D eigenvalue weighted by atomic mass is 16.4. The van der Waals surface area contributed by atoms with Crippen molar-refractivity contribution in [1.82, 2.24) is 15.5 Å². The molecule has 5 atom stereocenters. The van der Waals surface area contributed by atoms with E-state index in [4.69, 9.17) is 5.73 Å². The Bertz CT molecular complexity index is 637. The number of hydrogen-bond acceptors (Lipinski definition) is 6. The third-order valence-corrected chi connectivity index (χ3v) is 5.21. The molecule has 1 aliphatic rings. The maximum absolute atomic E-state index is 13.0. The zero-order valence-corrected chi connectivity index (χ0v) is 18.4. The number of amides is 3. The van der Waals surface area contributed by atoms with E-state index in [1.54, 1.807) is 13.8 Å². The third kappa shape index (κ3) is 6.94. The second kappa shape index (κ2) is 11.3. The minimum atomic E-state index is -1.18. The summed E-state index contributed by atoms with van der Waals surface area (Å²) in [6.45, 7) is 8.98. The Morgan fingerprint density at radius 1 is 1.07 bits per heavy atom. The molecule has 3 amide bonds. The molecule has 1 fully saturated rings. The first-order chi connectivity index (χ1) is 13.9. The monoisotopic (exact) mass is 428 g/mol. The highest BCUT2D eigenvalue weighted by molar-refractivity contribution is 5.94. The van der Waals surface area contributed by atoms with E-state index < -0.39 is 54.0 Å². The first-order valence-electron chi connectivity index (χ1n) is 10.4. The lowest BCUT2D eigenvalue weighted by atomic mass is 9.99. The molecule has 0 aromatic heterocycles. The van der Waals surface area contributed by atoms with Crippen LogP contribution < -0.4 is 16.4 Å². The number of carbonyl (C=O) groups excluding carboxylic acids is 3. The van der Waals surface area contributed by atoms with E-state index in [2.05, 4.69) is 10.6 Å². The zero-order chi connectivity index (χ0) is 23.2. The van der Waals surface area contributed by atoms with Crippen LogP contribution in [0.4, 0.5) is 0 Å². The molecule has 30 heavy (non-hydrogen) atoms.